The maximum Gasteiger partial charge on any atom is 0.367 e. The summed E-state index contributed by atoms with van der Waals surface area (Å²) >= 11 is 1.25. The van der Waals surface area contributed by atoms with Crippen LogP contribution < -0.4 is 5.73 Å². The maximum absolute atomic E-state index is 13.6. The molecule has 3 aliphatic heterocycles. The summed E-state index contributed by atoms with van der Waals surface area (Å²) in [5, 5.41) is 20.9. The highest BCUT2D eigenvalue weighted by atomic mass is 32.2. The predicted molar refractivity (Wildman–Crippen MR) is 138 cm³/mol. The number of hydrogen-bond acceptors (Lipinski definition) is 17. The van der Waals surface area contributed by atoms with Gasteiger partial charge in [0, 0.05) is 34.1 Å². The second-order valence-electron chi connectivity index (χ2n) is 9.92. The third kappa shape index (κ3) is 7.69. The van der Waals surface area contributed by atoms with E-state index in [-0.39, 0.29) is 6.61 Å². The molecule has 0 aromatic heterocycles. The average Bonchev–Trinajstić information content (AvgIpc) is 2.89. The Labute approximate surface area is 245 Å². The smallest absolute Gasteiger partial charge is 0.367 e. The van der Waals surface area contributed by atoms with Crippen molar-refractivity contribution < 1.29 is 72.1 Å². The number of rotatable bonds is 10. The molecule has 3 aliphatic rings. The Hall–Kier alpha value is -2.54. The van der Waals surface area contributed by atoms with Gasteiger partial charge in [0.2, 0.25) is 0 Å². The third-order valence-electron chi connectivity index (χ3n) is 6.67. The first-order valence-corrected chi connectivity index (χ1v) is 14.3. The van der Waals surface area contributed by atoms with Gasteiger partial charge in [-0.1, -0.05) is 6.92 Å². The lowest BCUT2D eigenvalue weighted by atomic mass is 9.87. The van der Waals surface area contributed by atoms with Crippen LogP contribution in [0.15, 0.2) is 0 Å². The van der Waals surface area contributed by atoms with Crippen LogP contribution in [-0.2, 0) is 61.9 Å². The van der Waals surface area contributed by atoms with E-state index in [2.05, 4.69) is 0 Å². The van der Waals surface area contributed by atoms with Gasteiger partial charge in [-0.15, -0.1) is 11.8 Å². The van der Waals surface area contributed by atoms with Crippen LogP contribution in [0.2, 0.25) is 0 Å². The molecule has 11 atom stereocenters. The molecule has 0 bridgehead atoms. The Morgan fingerprint density at radius 1 is 1.05 bits per heavy atom. The third-order valence-corrected chi connectivity index (χ3v) is 7.71. The van der Waals surface area contributed by atoms with Crippen molar-refractivity contribution in [2.24, 2.45) is 5.73 Å². The molecule has 17 heteroatoms. The number of carbonyl (C=O) groups is 5. The normalized spacial score (nSPS) is 35.7. The number of thioether (sulfide) groups is 1. The van der Waals surface area contributed by atoms with Gasteiger partial charge in [-0.25, -0.2) is 4.79 Å². The summed E-state index contributed by atoms with van der Waals surface area (Å²) in [4.78, 5) is 60.8. The van der Waals surface area contributed by atoms with E-state index in [1.54, 1.807) is 0 Å². The predicted octanol–water partition coefficient (Wildman–Crippen LogP) is -1.70. The summed E-state index contributed by atoms with van der Waals surface area (Å²) in [7, 11) is 0. The zero-order chi connectivity index (χ0) is 31.4. The number of aliphatic hydroxyl groups is 2. The number of fused-ring (bicyclic) bond motifs is 1. The second-order valence-corrected chi connectivity index (χ2v) is 11.3. The van der Waals surface area contributed by atoms with Gasteiger partial charge in [0.05, 0.1) is 18.8 Å². The summed E-state index contributed by atoms with van der Waals surface area (Å²) in [5.41, 5.74) is 5.35. The van der Waals surface area contributed by atoms with Crippen LogP contribution >= 0.6 is 11.8 Å². The minimum absolute atomic E-state index is 0.320. The van der Waals surface area contributed by atoms with Crippen molar-refractivity contribution in [2.75, 3.05) is 19.0 Å². The lowest BCUT2D eigenvalue weighted by molar-refractivity contribution is -0.375. The van der Waals surface area contributed by atoms with Gasteiger partial charge < -0.3 is 53.8 Å². The molecule has 4 N–H and O–H groups in total. The molecule has 238 valence electrons. The minimum atomic E-state index is -2.38. The first kappa shape index (κ1) is 34.0. The van der Waals surface area contributed by atoms with Crippen molar-refractivity contribution in [3.8, 4) is 0 Å². The Balaban J connectivity index is 2.03. The summed E-state index contributed by atoms with van der Waals surface area (Å²) < 4.78 is 45.0. The number of hydrogen-bond donors (Lipinski definition) is 3. The van der Waals surface area contributed by atoms with Gasteiger partial charge in [0.25, 0.3) is 5.79 Å². The fraction of sp³-hybridized carbons (Fsp3) is 0.800. The van der Waals surface area contributed by atoms with E-state index in [4.69, 9.17) is 43.6 Å². The van der Waals surface area contributed by atoms with Crippen LogP contribution in [0.3, 0.4) is 0 Å². The monoisotopic (exact) mass is 623 g/mol. The number of esters is 5. The lowest BCUT2D eigenvalue weighted by Crippen LogP contribution is -2.73. The molecule has 4 unspecified atom stereocenters. The molecule has 16 nitrogen and oxygen atoms in total. The molecule has 1 spiro atoms. The molecule has 0 radical (unpaired) electrons. The van der Waals surface area contributed by atoms with Crippen molar-refractivity contribution in [1.29, 1.82) is 0 Å². The van der Waals surface area contributed by atoms with Crippen molar-refractivity contribution in [1.82, 2.24) is 0 Å². The summed E-state index contributed by atoms with van der Waals surface area (Å²) in [6.45, 7) is 5.15. The van der Waals surface area contributed by atoms with Crippen LogP contribution in [0, 0.1) is 0 Å². The molecular weight excluding hydrogens is 586 g/mol. The number of carbonyl (C=O) groups excluding carboxylic acids is 5. The van der Waals surface area contributed by atoms with Crippen molar-refractivity contribution in [3.63, 3.8) is 0 Å². The minimum Gasteiger partial charge on any atom is -0.463 e. The van der Waals surface area contributed by atoms with Crippen molar-refractivity contribution >= 4 is 41.6 Å². The standard InChI is InChI=1S/C25H37NO15S/c1-6-42-23-22(37-13(5)31)21-19(16(38-23)9-34-10(2)28)39-24(33)25(41-21)7-14(32)17(26)20(40-25)18(36-12(4)30)15(8-27)35-11(3)29/h14-23,27,32H,6-9,26H2,1-5H3/t14-,15-,16?,17-,18-,19+,20?,21?,22?,23+,25+/m1/s1. The Morgan fingerprint density at radius 3 is 2.26 bits per heavy atom. The van der Waals surface area contributed by atoms with Crippen molar-refractivity contribution in [2.45, 2.75) is 107 Å². The summed E-state index contributed by atoms with van der Waals surface area (Å²) in [6.07, 6.45) is -11.4. The second kappa shape index (κ2) is 14.3. The van der Waals surface area contributed by atoms with Gasteiger partial charge in [-0.3, -0.25) is 19.2 Å². The first-order chi connectivity index (χ1) is 19.7. The van der Waals surface area contributed by atoms with Crippen LogP contribution in [0.1, 0.15) is 41.0 Å². The van der Waals surface area contributed by atoms with E-state index >= 15 is 0 Å². The molecule has 3 saturated heterocycles. The maximum atomic E-state index is 13.6. The molecule has 3 fully saturated rings. The van der Waals surface area contributed by atoms with Crippen molar-refractivity contribution in [3.05, 3.63) is 0 Å². The topological polar surface area (TPSA) is 226 Å². The number of aliphatic hydroxyl groups excluding tert-OH is 2. The zero-order valence-corrected chi connectivity index (χ0v) is 24.6. The van der Waals surface area contributed by atoms with E-state index in [0.717, 1.165) is 13.8 Å². The van der Waals surface area contributed by atoms with E-state index in [0.29, 0.717) is 5.75 Å². The van der Waals surface area contributed by atoms with E-state index in [9.17, 15) is 34.2 Å². The Bertz CT molecular complexity index is 1030. The molecule has 3 heterocycles. The highest BCUT2D eigenvalue weighted by molar-refractivity contribution is 7.99. The van der Waals surface area contributed by atoms with E-state index in [1.165, 1.54) is 25.6 Å². The molecule has 0 saturated carbocycles. The fourth-order valence-electron chi connectivity index (χ4n) is 5.02. The van der Waals surface area contributed by atoms with Crippen LogP contribution in [0.25, 0.3) is 0 Å². The SMILES string of the molecule is CCS[C@@H]1OC(COC(C)=O)[C@@H]2OC(=O)[C@]3(C[C@@H](O)[C@@H](N)C([C@H](OC(C)=O)[C@@H](CO)OC(C)=O)O3)OC2C1OC(C)=O. The van der Waals surface area contributed by atoms with Gasteiger partial charge in [-0.2, -0.15) is 0 Å². The molecule has 42 heavy (non-hydrogen) atoms. The fourth-order valence-corrected chi connectivity index (χ4v) is 5.97. The lowest BCUT2D eigenvalue weighted by Gasteiger charge is -2.54. The molecular formula is C25H37NO15S. The van der Waals surface area contributed by atoms with Gasteiger partial charge in [-0.05, 0) is 5.75 Å². The van der Waals surface area contributed by atoms with Gasteiger partial charge >= 0.3 is 29.8 Å². The Morgan fingerprint density at radius 2 is 1.71 bits per heavy atom. The van der Waals surface area contributed by atoms with Gasteiger partial charge in [0.15, 0.2) is 24.4 Å². The first-order valence-electron chi connectivity index (χ1n) is 13.3. The van der Waals surface area contributed by atoms with Crippen LogP contribution in [0.4, 0.5) is 0 Å². The molecule has 0 aromatic rings. The average molecular weight is 624 g/mol. The van der Waals surface area contributed by atoms with E-state index in [1.807, 2.05) is 6.92 Å². The quantitative estimate of drug-likeness (QED) is 0.182. The molecule has 3 rings (SSSR count). The van der Waals surface area contributed by atoms with Crippen LogP contribution in [0.5, 0.6) is 0 Å². The largest absolute Gasteiger partial charge is 0.463 e. The summed E-state index contributed by atoms with van der Waals surface area (Å²) in [6, 6.07) is -1.32. The van der Waals surface area contributed by atoms with Crippen LogP contribution in [-0.4, -0.2) is 125 Å². The molecule has 0 aliphatic carbocycles. The highest BCUT2D eigenvalue weighted by Gasteiger charge is 2.65. The van der Waals surface area contributed by atoms with Gasteiger partial charge in [0.1, 0.15) is 30.4 Å². The summed E-state index contributed by atoms with van der Waals surface area (Å²) in [5.74, 6) is -5.99. The number of nitrogens with two attached hydrogens (primary N) is 1. The highest BCUT2D eigenvalue weighted by Crippen LogP contribution is 2.44. The zero-order valence-electron chi connectivity index (χ0n) is 23.8. The number of ether oxygens (including phenoxy) is 8. The molecule has 0 aromatic carbocycles. The molecule has 0 amide bonds. The van der Waals surface area contributed by atoms with E-state index < -0.39 is 109 Å². The Kier molecular flexibility index (Phi) is 11.6.